The van der Waals surface area contributed by atoms with Crippen molar-refractivity contribution < 1.29 is 0 Å². The van der Waals surface area contributed by atoms with Gasteiger partial charge in [-0.05, 0) is 42.7 Å². The summed E-state index contributed by atoms with van der Waals surface area (Å²) in [7, 11) is 0. The van der Waals surface area contributed by atoms with Crippen LogP contribution >= 0.6 is 15.9 Å². The molecule has 2 aromatic heterocycles. The average Bonchev–Trinajstić information content (AvgIpc) is 2.83. The van der Waals surface area contributed by atoms with Crippen LogP contribution in [0.2, 0.25) is 0 Å². The first-order valence-corrected chi connectivity index (χ1v) is 7.64. The first-order chi connectivity index (χ1) is 9.78. The fraction of sp³-hybridized carbons (Fsp3) is 0.250. The van der Waals surface area contributed by atoms with Crippen molar-refractivity contribution in [1.82, 2.24) is 15.0 Å². The van der Waals surface area contributed by atoms with Crippen molar-refractivity contribution in [3.63, 3.8) is 0 Å². The van der Waals surface area contributed by atoms with Gasteiger partial charge in [-0.2, -0.15) is 0 Å². The Bertz CT molecular complexity index is 724. The molecule has 0 saturated heterocycles. The zero-order valence-electron chi connectivity index (χ0n) is 10.9. The topological polar surface area (TPSA) is 41.6 Å². The number of rotatable bonds is 2. The molecule has 100 valence electrons. The molecule has 0 radical (unpaired) electrons. The molecule has 2 heterocycles. The summed E-state index contributed by atoms with van der Waals surface area (Å²) in [6.45, 7) is 0. The van der Waals surface area contributed by atoms with Gasteiger partial charge in [0.25, 0.3) is 0 Å². The summed E-state index contributed by atoms with van der Waals surface area (Å²) in [6.07, 6.45) is 5.34. The van der Waals surface area contributed by atoms with Gasteiger partial charge in [0.05, 0.1) is 10.9 Å². The standard InChI is InChI=1S/C16H14BrN3/c17-12-6-4-11(5-7-12)16(8-2-9-16)15-19-13-3-1-10-18-14(13)20-15/h1,3-7,10H,2,8-9H2,(H,18,19,20). The van der Waals surface area contributed by atoms with E-state index >= 15 is 0 Å². The second-order valence-corrected chi connectivity index (χ2v) is 6.32. The molecular formula is C16H14BrN3. The highest BCUT2D eigenvalue weighted by atomic mass is 79.9. The number of halogens is 1. The minimum Gasteiger partial charge on any atom is -0.340 e. The molecule has 0 bridgehead atoms. The largest absolute Gasteiger partial charge is 0.340 e. The minimum atomic E-state index is 0.0431. The van der Waals surface area contributed by atoms with Gasteiger partial charge in [0.1, 0.15) is 5.82 Å². The smallest absolute Gasteiger partial charge is 0.177 e. The molecule has 20 heavy (non-hydrogen) atoms. The highest BCUT2D eigenvalue weighted by Crippen LogP contribution is 2.48. The third-order valence-corrected chi connectivity index (χ3v) is 4.84. The summed E-state index contributed by atoms with van der Waals surface area (Å²) < 4.78 is 1.11. The van der Waals surface area contributed by atoms with Crippen LogP contribution in [0.25, 0.3) is 11.2 Å². The summed E-state index contributed by atoms with van der Waals surface area (Å²) in [6, 6.07) is 12.6. The van der Waals surface area contributed by atoms with Crippen LogP contribution in [-0.2, 0) is 5.41 Å². The van der Waals surface area contributed by atoms with Gasteiger partial charge >= 0.3 is 0 Å². The lowest BCUT2D eigenvalue weighted by atomic mass is 9.64. The number of hydrogen-bond acceptors (Lipinski definition) is 2. The van der Waals surface area contributed by atoms with Crippen molar-refractivity contribution in [2.45, 2.75) is 24.7 Å². The number of benzene rings is 1. The van der Waals surface area contributed by atoms with Crippen molar-refractivity contribution in [2.24, 2.45) is 0 Å². The Kier molecular flexibility index (Phi) is 2.67. The molecular weight excluding hydrogens is 314 g/mol. The normalized spacial score (nSPS) is 17.1. The molecule has 1 aromatic carbocycles. The Balaban J connectivity index is 1.86. The molecule has 1 aliphatic rings. The molecule has 4 rings (SSSR count). The Hall–Kier alpha value is -1.68. The van der Waals surface area contributed by atoms with Crippen LogP contribution in [0.3, 0.4) is 0 Å². The van der Waals surface area contributed by atoms with E-state index in [9.17, 15) is 0 Å². The van der Waals surface area contributed by atoms with E-state index in [1.807, 2.05) is 12.1 Å². The van der Waals surface area contributed by atoms with Gasteiger partial charge in [-0.15, -0.1) is 0 Å². The lowest BCUT2D eigenvalue weighted by Crippen LogP contribution is -2.36. The average molecular weight is 328 g/mol. The van der Waals surface area contributed by atoms with E-state index < -0.39 is 0 Å². The van der Waals surface area contributed by atoms with Crippen molar-refractivity contribution in [3.8, 4) is 0 Å². The maximum Gasteiger partial charge on any atom is 0.177 e. The van der Waals surface area contributed by atoms with Crippen LogP contribution < -0.4 is 0 Å². The maximum absolute atomic E-state index is 4.73. The number of fused-ring (bicyclic) bond motifs is 1. The lowest BCUT2D eigenvalue weighted by Gasteiger charge is -2.40. The van der Waals surface area contributed by atoms with Crippen molar-refractivity contribution in [3.05, 3.63) is 58.5 Å². The zero-order chi connectivity index (χ0) is 13.6. The summed E-state index contributed by atoms with van der Waals surface area (Å²) in [5.41, 5.74) is 3.21. The molecule has 1 saturated carbocycles. The van der Waals surface area contributed by atoms with E-state index in [1.54, 1.807) is 6.20 Å². The van der Waals surface area contributed by atoms with Gasteiger partial charge in [-0.25, -0.2) is 9.97 Å². The number of imidazole rings is 1. The molecule has 3 nitrogen and oxygen atoms in total. The van der Waals surface area contributed by atoms with Crippen LogP contribution in [0.5, 0.6) is 0 Å². The van der Waals surface area contributed by atoms with Crippen LogP contribution in [-0.4, -0.2) is 15.0 Å². The third kappa shape index (κ3) is 1.71. The predicted molar refractivity (Wildman–Crippen MR) is 82.7 cm³/mol. The van der Waals surface area contributed by atoms with E-state index in [0.717, 1.165) is 34.3 Å². The maximum atomic E-state index is 4.73. The number of pyridine rings is 1. The second-order valence-electron chi connectivity index (χ2n) is 5.40. The summed E-state index contributed by atoms with van der Waals surface area (Å²) >= 11 is 3.50. The molecule has 0 amide bonds. The van der Waals surface area contributed by atoms with Gasteiger partial charge < -0.3 is 4.98 Å². The summed E-state index contributed by atoms with van der Waals surface area (Å²) in [4.78, 5) is 12.5. The molecule has 0 spiro atoms. The SMILES string of the molecule is Brc1ccc(C2(c3nc4ncccc4[nH]3)CCC2)cc1. The van der Waals surface area contributed by atoms with E-state index in [1.165, 1.54) is 12.0 Å². The van der Waals surface area contributed by atoms with Gasteiger partial charge in [0.15, 0.2) is 5.65 Å². The van der Waals surface area contributed by atoms with E-state index in [4.69, 9.17) is 4.98 Å². The van der Waals surface area contributed by atoms with E-state index in [0.29, 0.717) is 0 Å². The predicted octanol–water partition coefficient (Wildman–Crippen LogP) is 4.19. The molecule has 1 fully saturated rings. The minimum absolute atomic E-state index is 0.0431. The van der Waals surface area contributed by atoms with E-state index in [-0.39, 0.29) is 5.41 Å². The summed E-state index contributed by atoms with van der Waals surface area (Å²) in [5.74, 6) is 1.06. The monoisotopic (exact) mass is 327 g/mol. The van der Waals surface area contributed by atoms with Crippen molar-refractivity contribution in [1.29, 1.82) is 0 Å². The van der Waals surface area contributed by atoms with Crippen LogP contribution in [0.1, 0.15) is 30.7 Å². The molecule has 1 N–H and O–H groups in total. The lowest BCUT2D eigenvalue weighted by molar-refractivity contribution is 0.287. The van der Waals surface area contributed by atoms with Gasteiger partial charge in [0, 0.05) is 10.7 Å². The Morgan fingerprint density at radius 1 is 1.10 bits per heavy atom. The first-order valence-electron chi connectivity index (χ1n) is 6.85. The third-order valence-electron chi connectivity index (χ3n) is 4.31. The Labute approximate surface area is 125 Å². The number of nitrogens with one attached hydrogen (secondary N) is 1. The van der Waals surface area contributed by atoms with Gasteiger partial charge in [0.2, 0.25) is 0 Å². The van der Waals surface area contributed by atoms with Gasteiger partial charge in [-0.3, -0.25) is 0 Å². The Morgan fingerprint density at radius 3 is 2.55 bits per heavy atom. The Morgan fingerprint density at radius 2 is 1.90 bits per heavy atom. The number of nitrogens with zero attached hydrogens (tertiary/aromatic N) is 2. The van der Waals surface area contributed by atoms with Crippen LogP contribution in [0.15, 0.2) is 47.1 Å². The highest BCUT2D eigenvalue weighted by molar-refractivity contribution is 9.10. The molecule has 0 aliphatic heterocycles. The summed E-state index contributed by atoms with van der Waals surface area (Å²) in [5, 5.41) is 0. The van der Waals surface area contributed by atoms with Crippen LogP contribution in [0, 0.1) is 0 Å². The number of aromatic nitrogens is 3. The van der Waals surface area contributed by atoms with Crippen LogP contribution in [0.4, 0.5) is 0 Å². The quantitative estimate of drug-likeness (QED) is 0.766. The first kappa shape index (κ1) is 12.1. The highest BCUT2D eigenvalue weighted by Gasteiger charge is 2.43. The number of H-pyrrole nitrogens is 1. The molecule has 1 aliphatic carbocycles. The van der Waals surface area contributed by atoms with Gasteiger partial charge in [-0.1, -0.05) is 34.5 Å². The second kappa shape index (κ2) is 4.42. The zero-order valence-corrected chi connectivity index (χ0v) is 12.5. The molecule has 0 atom stereocenters. The fourth-order valence-electron chi connectivity index (χ4n) is 3.03. The van der Waals surface area contributed by atoms with E-state index in [2.05, 4.69) is 50.2 Å². The van der Waals surface area contributed by atoms with Crippen molar-refractivity contribution in [2.75, 3.05) is 0 Å². The number of aromatic amines is 1. The molecule has 4 heteroatoms. The molecule has 3 aromatic rings. The van der Waals surface area contributed by atoms with Crippen molar-refractivity contribution >= 4 is 27.1 Å². The molecule has 0 unspecified atom stereocenters. The number of hydrogen-bond donors (Lipinski definition) is 1. The fourth-order valence-corrected chi connectivity index (χ4v) is 3.30.